The molecule has 0 saturated heterocycles. The van der Waals surface area contributed by atoms with Gasteiger partial charge in [0.05, 0.1) is 0 Å². The monoisotopic (exact) mass is 270 g/mol. The van der Waals surface area contributed by atoms with E-state index in [4.69, 9.17) is 5.73 Å². The van der Waals surface area contributed by atoms with Crippen molar-refractivity contribution in [1.29, 1.82) is 0 Å². The Morgan fingerprint density at radius 2 is 1.95 bits per heavy atom. The van der Waals surface area contributed by atoms with Gasteiger partial charge in [0.1, 0.15) is 0 Å². The summed E-state index contributed by atoms with van der Waals surface area (Å²) in [4.78, 5) is 13.6. The Hall–Kier alpha value is -1.49. The molecule has 1 amide bonds. The second kappa shape index (κ2) is 6.10. The zero-order chi connectivity index (χ0) is 14.6. The van der Waals surface area contributed by atoms with E-state index < -0.39 is 17.2 Å². The summed E-state index contributed by atoms with van der Waals surface area (Å²) >= 11 is 0. The van der Waals surface area contributed by atoms with Crippen molar-refractivity contribution in [3.05, 3.63) is 35.4 Å². The van der Waals surface area contributed by atoms with Crippen LogP contribution in [0.25, 0.3) is 0 Å². The smallest absolute Gasteiger partial charge is 0.224 e. The number of nitrogens with zero attached hydrogens (tertiary/aromatic N) is 1. The third-order valence-corrected chi connectivity index (χ3v) is 2.70. The highest BCUT2D eigenvalue weighted by molar-refractivity contribution is 5.77. The normalized spacial score (nSPS) is 11.5. The lowest BCUT2D eigenvalue weighted by Gasteiger charge is -2.25. The molecule has 0 spiro atoms. The van der Waals surface area contributed by atoms with Gasteiger partial charge >= 0.3 is 0 Å². The van der Waals surface area contributed by atoms with E-state index in [-0.39, 0.29) is 18.9 Å². The Morgan fingerprint density at radius 1 is 1.32 bits per heavy atom. The van der Waals surface area contributed by atoms with Crippen molar-refractivity contribution in [1.82, 2.24) is 4.90 Å². The van der Waals surface area contributed by atoms with E-state index in [0.29, 0.717) is 12.1 Å². The van der Waals surface area contributed by atoms with Crippen LogP contribution in [-0.4, -0.2) is 22.9 Å². The van der Waals surface area contributed by atoms with Crippen molar-refractivity contribution in [3.63, 3.8) is 0 Å². The Labute approximate surface area is 112 Å². The number of amides is 1. The average molecular weight is 270 g/mol. The van der Waals surface area contributed by atoms with E-state index in [1.807, 2.05) is 6.92 Å². The molecule has 1 aromatic rings. The first kappa shape index (κ1) is 15.6. The third kappa shape index (κ3) is 4.95. The van der Waals surface area contributed by atoms with Crippen molar-refractivity contribution in [2.45, 2.75) is 39.3 Å². The van der Waals surface area contributed by atoms with Crippen molar-refractivity contribution in [2.75, 3.05) is 6.54 Å². The van der Waals surface area contributed by atoms with E-state index in [1.54, 1.807) is 18.7 Å². The second-order valence-corrected chi connectivity index (χ2v) is 5.32. The molecule has 0 bridgehead atoms. The predicted molar refractivity (Wildman–Crippen MR) is 70.3 cm³/mol. The number of rotatable bonds is 5. The topological polar surface area (TPSA) is 46.3 Å². The molecule has 0 radical (unpaired) electrons. The maximum absolute atomic E-state index is 13.1. The van der Waals surface area contributed by atoms with Crippen LogP contribution in [0.15, 0.2) is 18.2 Å². The van der Waals surface area contributed by atoms with Crippen LogP contribution in [0.1, 0.15) is 32.8 Å². The summed E-state index contributed by atoms with van der Waals surface area (Å²) in [6.07, 6.45) is 0.213. The number of hydrogen-bond donors (Lipinski definition) is 1. The number of halogens is 2. The maximum atomic E-state index is 13.1. The Balaban J connectivity index is 2.76. The van der Waals surface area contributed by atoms with Crippen molar-refractivity contribution < 1.29 is 13.6 Å². The molecule has 1 aromatic carbocycles. The summed E-state index contributed by atoms with van der Waals surface area (Å²) in [5.41, 5.74) is 5.78. The highest BCUT2D eigenvalue weighted by Crippen LogP contribution is 2.13. The Bertz CT molecular complexity index is 455. The zero-order valence-corrected chi connectivity index (χ0v) is 11.5. The van der Waals surface area contributed by atoms with Gasteiger partial charge in [0.2, 0.25) is 5.91 Å². The summed E-state index contributed by atoms with van der Waals surface area (Å²) in [6, 6.07) is 3.65. The standard InChI is InChI=1S/C14H20F2N2O/c1-4-18(13(19)8-14(2,3)17)9-10-5-6-11(15)12(16)7-10/h5-7H,4,8-9,17H2,1-3H3. The van der Waals surface area contributed by atoms with E-state index >= 15 is 0 Å². The van der Waals surface area contributed by atoms with Crippen LogP contribution < -0.4 is 5.73 Å². The van der Waals surface area contributed by atoms with Gasteiger partial charge in [0, 0.05) is 25.0 Å². The first-order valence-corrected chi connectivity index (χ1v) is 6.23. The molecule has 0 aliphatic heterocycles. The SMILES string of the molecule is CCN(Cc1ccc(F)c(F)c1)C(=O)CC(C)(C)N. The molecular weight excluding hydrogens is 250 g/mol. The molecule has 0 aliphatic rings. The van der Waals surface area contributed by atoms with Crippen LogP contribution in [-0.2, 0) is 11.3 Å². The first-order chi connectivity index (χ1) is 8.73. The number of carbonyl (C=O) groups is 1. The molecular formula is C14H20F2N2O. The predicted octanol–water partition coefficient (Wildman–Crippen LogP) is 2.44. The molecule has 1 rings (SSSR count). The van der Waals surface area contributed by atoms with Crippen LogP contribution in [0.3, 0.4) is 0 Å². The molecule has 0 fully saturated rings. The van der Waals surface area contributed by atoms with Crippen LogP contribution in [0.2, 0.25) is 0 Å². The largest absolute Gasteiger partial charge is 0.339 e. The van der Waals surface area contributed by atoms with Gasteiger partial charge in [-0.05, 0) is 38.5 Å². The fourth-order valence-corrected chi connectivity index (χ4v) is 1.74. The van der Waals surface area contributed by atoms with Crippen molar-refractivity contribution >= 4 is 5.91 Å². The van der Waals surface area contributed by atoms with Gasteiger partial charge in [-0.3, -0.25) is 4.79 Å². The number of nitrogens with two attached hydrogens (primary N) is 1. The molecule has 0 atom stereocenters. The van der Waals surface area contributed by atoms with E-state index in [9.17, 15) is 13.6 Å². The maximum Gasteiger partial charge on any atom is 0.224 e. The molecule has 5 heteroatoms. The van der Waals surface area contributed by atoms with Gasteiger partial charge in [-0.1, -0.05) is 6.07 Å². The zero-order valence-electron chi connectivity index (χ0n) is 11.5. The van der Waals surface area contributed by atoms with Gasteiger partial charge in [0.25, 0.3) is 0 Å². The fraction of sp³-hybridized carbons (Fsp3) is 0.500. The highest BCUT2D eigenvalue weighted by Gasteiger charge is 2.21. The number of carbonyl (C=O) groups excluding carboxylic acids is 1. The molecule has 0 saturated carbocycles. The lowest BCUT2D eigenvalue weighted by molar-refractivity contribution is -0.132. The average Bonchev–Trinajstić information content (AvgIpc) is 2.28. The van der Waals surface area contributed by atoms with Gasteiger partial charge < -0.3 is 10.6 Å². The second-order valence-electron chi connectivity index (χ2n) is 5.32. The Morgan fingerprint density at radius 3 is 2.42 bits per heavy atom. The highest BCUT2D eigenvalue weighted by atomic mass is 19.2. The van der Waals surface area contributed by atoms with Crippen LogP contribution in [0, 0.1) is 11.6 Å². The number of benzene rings is 1. The molecule has 2 N–H and O–H groups in total. The Kier molecular flexibility index (Phi) is 5.00. The number of hydrogen-bond acceptors (Lipinski definition) is 2. The quantitative estimate of drug-likeness (QED) is 0.893. The molecule has 106 valence electrons. The van der Waals surface area contributed by atoms with Crippen LogP contribution in [0.4, 0.5) is 8.78 Å². The first-order valence-electron chi connectivity index (χ1n) is 6.23. The van der Waals surface area contributed by atoms with Gasteiger partial charge in [0.15, 0.2) is 11.6 Å². The van der Waals surface area contributed by atoms with Gasteiger partial charge in [-0.15, -0.1) is 0 Å². The molecule has 3 nitrogen and oxygen atoms in total. The van der Waals surface area contributed by atoms with Gasteiger partial charge in [-0.25, -0.2) is 8.78 Å². The summed E-state index contributed by atoms with van der Waals surface area (Å²) in [5, 5.41) is 0. The van der Waals surface area contributed by atoms with E-state index in [2.05, 4.69) is 0 Å². The third-order valence-electron chi connectivity index (χ3n) is 2.70. The minimum atomic E-state index is -0.903. The molecule has 0 unspecified atom stereocenters. The van der Waals surface area contributed by atoms with Gasteiger partial charge in [-0.2, -0.15) is 0 Å². The molecule has 0 aliphatic carbocycles. The minimum Gasteiger partial charge on any atom is -0.339 e. The lowest BCUT2D eigenvalue weighted by Crippen LogP contribution is -2.41. The molecule has 19 heavy (non-hydrogen) atoms. The van der Waals surface area contributed by atoms with E-state index in [0.717, 1.165) is 12.1 Å². The summed E-state index contributed by atoms with van der Waals surface area (Å²) < 4.78 is 25.9. The summed E-state index contributed by atoms with van der Waals surface area (Å²) in [7, 11) is 0. The molecule has 0 aromatic heterocycles. The fourth-order valence-electron chi connectivity index (χ4n) is 1.74. The van der Waals surface area contributed by atoms with Crippen LogP contribution >= 0.6 is 0 Å². The van der Waals surface area contributed by atoms with Crippen LogP contribution in [0.5, 0.6) is 0 Å². The lowest BCUT2D eigenvalue weighted by atomic mass is 10.0. The van der Waals surface area contributed by atoms with E-state index in [1.165, 1.54) is 6.07 Å². The van der Waals surface area contributed by atoms with Crippen molar-refractivity contribution in [2.24, 2.45) is 5.73 Å². The summed E-state index contributed by atoms with van der Waals surface area (Å²) in [6.45, 7) is 6.13. The molecule has 0 heterocycles. The summed E-state index contributed by atoms with van der Waals surface area (Å²) in [5.74, 6) is -1.89. The van der Waals surface area contributed by atoms with Crippen molar-refractivity contribution in [3.8, 4) is 0 Å². The minimum absolute atomic E-state index is 0.0975.